The Balaban J connectivity index is 1.88. The van der Waals surface area contributed by atoms with Crippen molar-refractivity contribution in [1.82, 2.24) is 5.32 Å². The lowest BCUT2D eigenvalue weighted by molar-refractivity contribution is -0.126. The fraction of sp³-hybridized carbons (Fsp3) is 0.529. The molecule has 1 heterocycles. The molecule has 0 bridgehead atoms. The molecule has 0 radical (unpaired) electrons. The third kappa shape index (κ3) is 4.69. The molecule has 0 aromatic heterocycles. The van der Waals surface area contributed by atoms with Gasteiger partial charge in [-0.05, 0) is 18.6 Å². The normalized spacial score (nSPS) is 16.5. The van der Waals surface area contributed by atoms with Crippen molar-refractivity contribution in [3.8, 4) is 5.75 Å². The monoisotopic (exact) mass is 336 g/mol. The highest BCUT2D eigenvalue weighted by Crippen LogP contribution is 2.34. The zero-order valence-corrected chi connectivity index (χ0v) is 13.9. The smallest absolute Gasteiger partial charge is 0.268 e. The first-order valence-electron chi connectivity index (χ1n) is 8.19. The molecule has 0 saturated carbocycles. The van der Waals surface area contributed by atoms with Gasteiger partial charge in [0.2, 0.25) is 5.91 Å². The summed E-state index contributed by atoms with van der Waals surface area (Å²) in [4.78, 5) is 26.0. The number of nitrogens with zero attached hydrogens (tertiary/aromatic N) is 1. The maximum atomic E-state index is 12.5. The number of hydrogen-bond donors (Lipinski definition) is 2. The zero-order chi connectivity index (χ0) is 17.4. The quantitative estimate of drug-likeness (QED) is 0.648. The fourth-order valence-corrected chi connectivity index (χ4v) is 2.50. The highest BCUT2D eigenvalue weighted by atomic mass is 16.5. The molecule has 0 saturated heterocycles. The summed E-state index contributed by atoms with van der Waals surface area (Å²) in [6, 6.07) is 7.35. The van der Waals surface area contributed by atoms with Gasteiger partial charge in [-0.2, -0.15) is 0 Å². The Morgan fingerprint density at radius 2 is 2.17 bits per heavy atom. The van der Waals surface area contributed by atoms with Crippen LogP contribution in [-0.4, -0.2) is 55.9 Å². The highest BCUT2D eigenvalue weighted by Gasteiger charge is 2.32. The molecule has 0 spiro atoms. The maximum absolute atomic E-state index is 12.5. The number of hydrogen-bond acceptors (Lipinski definition) is 5. The fourth-order valence-electron chi connectivity index (χ4n) is 2.50. The molecule has 1 aromatic rings. The van der Waals surface area contributed by atoms with E-state index in [4.69, 9.17) is 14.6 Å². The first-order valence-corrected chi connectivity index (χ1v) is 8.19. The van der Waals surface area contributed by atoms with E-state index in [2.05, 4.69) is 5.32 Å². The van der Waals surface area contributed by atoms with Crippen molar-refractivity contribution in [2.24, 2.45) is 0 Å². The van der Waals surface area contributed by atoms with E-state index in [1.165, 1.54) is 0 Å². The summed E-state index contributed by atoms with van der Waals surface area (Å²) in [5.74, 6) is 0.407. The van der Waals surface area contributed by atoms with Crippen LogP contribution in [0, 0.1) is 0 Å². The van der Waals surface area contributed by atoms with Crippen molar-refractivity contribution >= 4 is 17.5 Å². The molecule has 1 aliphatic rings. The van der Waals surface area contributed by atoms with Gasteiger partial charge in [0.15, 0.2) is 6.10 Å². The Hall–Kier alpha value is -2.12. The van der Waals surface area contributed by atoms with Crippen LogP contribution in [0.25, 0.3) is 0 Å². The number of aliphatic hydroxyl groups excluding tert-OH is 1. The molecule has 24 heavy (non-hydrogen) atoms. The van der Waals surface area contributed by atoms with Crippen LogP contribution >= 0.6 is 0 Å². The number of anilines is 1. The van der Waals surface area contributed by atoms with Crippen molar-refractivity contribution in [2.75, 3.05) is 37.8 Å². The molecule has 7 heteroatoms. The average Bonchev–Trinajstić information content (AvgIpc) is 2.60. The summed E-state index contributed by atoms with van der Waals surface area (Å²) < 4.78 is 10.8. The molecule has 2 amide bonds. The van der Waals surface area contributed by atoms with E-state index < -0.39 is 6.10 Å². The minimum atomic E-state index is -0.505. The van der Waals surface area contributed by atoms with Gasteiger partial charge in [0.1, 0.15) is 5.75 Å². The van der Waals surface area contributed by atoms with Crippen LogP contribution in [-0.2, 0) is 14.3 Å². The second-order valence-electron chi connectivity index (χ2n) is 5.41. The predicted molar refractivity (Wildman–Crippen MR) is 89.0 cm³/mol. The van der Waals surface area contributed by atoms with Gasteiger partial charge in [-0.1, -0.05) is 19.1 Å². The molecule has 2 N–H and O–H groups in total. The van der Waals surface area contributed by atoms with Gasteiger partial charge >= 0.3 is 0 Å². The molecule has 132 valence electrons. The minimum Gasteiger partial charge on any atom is -0.478 e. The third-order valence-electron chi connectivity index (χ3n) is 3.70. The topological polar surface area (TPSA) is 88.1 Å². The van der Waals surface area contributed by atoms with Crippen molar-refractivity contribution in [3.05, 3.63) is 24.3 Å². The first kappa shape index (κ1) is 18.2. The van der Waals surface area contributed by atoms with Gasteiger partial charge in [-0.25, -0.2) is 0 Å². The molecular formula is C17H24N2O5. The molecule has 0 aliphatic carbocycles. The maximum Gasteiger partial charge on any atom is 0.268 e. The summed E-state index contributed by atoms with van der Waals surface area (Å²) >= 11 is 0. The lowest BCUT2D eigenvalue weighted by Crippen LogP contribution is -2.47. The van der Waals surface area contributed by atoms with E-state index in [1.807, 2.05) is 31.2 Å². The van der Waals surface area contributed by atoms with Crippen LogP contribution in [0.1, 0.15) is 19.8 Å². The molecule has 1 unspecified atom stereocenters. The minimum absolute atomic E-state index is 0.0366. The van der Waals surface area contributed by atoms with Crippen LogP contribution in [0.2, 0.25) is 0 Å². The lowest BCUT2D eigenvalue weighted by Gasteiger charge is -2.33. The Labute approximate surface area is 141 Å². The van der Waals surface area contributed by atoms with Gasteiger partial charge in [0.25, 0.3) is 5.91 Å². The Morgan fingerprint density at radius 3 is 2.92 bits per heavy atom. The van der Waals surface area contributed by atoms with Crippen molar-refractivity contribution < 1.29 is 24.2 Å². The summed E-state index contributed by atoms with van der Waals surface area (Å²) in [5, 5.41) is 11.3. The summed E-state index contributed by atoms with van der Waals surface area (Å²) in [7, 11) is 0. The zero-order valence-electron chi connectivity index (χ0n) is 13.9. The number of carbonyl (C=O) groups is 2. The Morgan fingerprint density at radius 1 is 1.38 bits per heavy atom. The lowest BCUT2D eigenvalue weighted by atomic mass is 10.1. The van der Waals surface area contributed by atoms with Crippen LogP contribution in [0.15, 0.2) is 24.3 Å². The second-order valence-corrected chi connectivity index (χ2v) is 5.41. The second kappa shape index (κ2) is 9.24. The number of aliphatic hydroxyl groups is 1. The average molecular weight is 336 g/mol. The summed E-state index contributed by atoms with van der Waals surface area (Å²) in [5.41, 5.74) is 0.700. The molecular weight excluding hydrogens is 312 g/mol. The van der Waals surface area contributed by atoms with Crippen LogP contribution in [0.5, 0.6) is 5.75 Å². The SMILES string of the molecule is CCC1Oc2ccccc2N(CCC(=O)NCCOCCO)C1=O. The van der Waals surface area contributed by atoms with E-state index in [-0.39, 0.29) is 31.4 Å². The number of ether oxygens (including phenoxy) is 2. The van der Waals surface area contributed by atoms with E-state index in [9.17, 15) is 9.59 Å². The van der Waals surface area contributed by atoms with Gasteiger partial charge in [0.05, 0.1) is 25.5 Å². The van der Waals surface area contributed by atoms with E-state index in [0.29, 0.717) is 37.6 Å². The summed E-state index contributed by atoms with van der Waals surface area (Å²) in [6.07, 6.45) is 0.282. The Kier molecular flexibility index (Phi) is 7.02. The largest absolute Gasteiger partial charge is 0.478 e. The van der Waals surface area contributed by atoms with Gasteiger partial charge < -0.3 is 24.8 Å². The molecule has 1 aromatic carbocycles. The van der Waals surface area contributed by atoms with Gasteiger partial charge in [0, 0.05) is 19.5 Å². The third-order valence-corrected chi connectivity index (χ3v) is 3.70. The standard InChI is InChI=1S/C17H24N2O5/c1-2-14-17(22)19(13-5-3-4-6-15(13)24-14)9-7-16(21)18-8-11-23-12-10-20/h3-6,14,20H,2,7-12H2,1H3,(H,18,21). The number of nitrogens with one attached hydrogen (secondary N) is 1. The van der Waals surface area contributed by atoms with Crippen LogP contribution < -0.4 is 15.0 Å². The van der Waals surface area contributed by atoms with Crippen LogP contribution in [0.4, 0.5) is 5.69 Å². The van der Waals surface area contributed by atoms with E-state index in [0.717, 1.165) is 0 Å². The molecule has 7 nitrogen and oxygen atoms in total. The molecule has 1 aliphatic heterocycles. The Bertz CT molecular complexity index is 564. The number of amides is 2. The van der Waals surface area contributed by atoms with E-state index >= 15 is 0 Å². The summed E-state index contributed by atoms with van der Waals surface area (Å²) in [6.45, 7) is 3.15. The van der Waals surface area contributed by atoms with Crippen LogP contribution in [0.3, 0.4) is 0 Å². The van der Waals surface area contributed by atoms with Crippen molar-refractivity contribution in [2.45, 2.75) is 25.9 Å². The van der Waals surface area contributed by atoms with Gasteiger partial charge in [-0.3, -0.25) is 9.59 Å². The predicted octanol–water partition coefficient (Wildman–Crippen LogP) is 0.706. The molecule has 1 atom stereocenters. The molecule has 0 fully saturated rings. The highest BCUT2D eigenvalue weighted by molar-refractivity contribution is 6.00. The van der Waals surface area contributed by atoms with Crippen molar-refractivity contribution in [1.29, 1.82) is 0 Å². The number of benzene rings is 1. The van der Waals surface area contributed by atoms with Gasteiger partial charge in [-0.15, -0.1) is 0 Å². The molecule has 2 rings (SSSR count). The number of para-hydroxylation sites is 2. The number of rotatable bonds is 9. The first-order chi connectivity index (χ1) is 11.7. The number of fused-ring (bicyclic) bond motifs is 1. The van der Waals surface area contributed by atoms with E-state index in [1.54, 1.807) is 4.90 Å². The number of carbonyl (C=O) groups excluding carboxylic acids is 2. The van der Waals surface area contributed by atoms with Crippen molar-refractivity contribution in [3.63, 3.8) is 0 Å².